The predicted molar refractivity (Wildman–Crippen MR) is 64.0 cm³/mol. The van der Waals surface area contributed by atoms with Gasteiger partial charge in [0.15, 0.2) is 0 Å². The standard InChI is InChI=1S/C12H26N2O/c1-5-14-8-6-7-11(9-14)13-10(2)12(3,4)15/h10-11,13,15H,5-9H2,1-4H3. The Kier molecular flexibility index (Phi) is 4.56. The van der Waals surface area contributed by atoms with Crippen LogP contribution in [0.2, 0.25) is 0 Å². The van der Waals surface area contributed by atoms with Gasteiger partial charge in [0.2, 0.25) is 0 Å². The van der Waals surface area contributed by atoms with Gasteiger partial charge in [0, 0.05) is 18.6 Å². The first kappa shape index (κ1) is 12.9. The summed E-state index contributed by atoms with van der Waals surface area (Å²) in [5, 5.41) is 13.4. The summed E-state index contributed by atoms with van der Waals surface area (Å²) in [6.07, 6.45) is 2.50. The first-order chi connectivity index (χ1) is 6.93. The molecule has 3 heteroatoms. The van der Waals surface area contributed by atoms with Crippen molar-refractivity contribution >= 4 is 0 Å². The summed E-state index contributed by atoms with van der Waals surface area (Å²) >= 11 is 0. The highest BCUT2D eigenvalue weighted by molar-refractivity contribution is 4.86. The van der Waals surface area contributed by atoms with Crippen molar-refractivity contribution in [1.82, 2.24) is 10.2 Å². The van der Waals surface area contributed by atoms with Gasteiger partial charge in [0.25, 0.3) is 0 Å². The quantitative estimate of drug-likeness (QED) is 0.738. The molecule has 0 aromatic rings. The minimum Gasteiger partial charge on any atom is -0.389 e. The number of aliphatic hydroxyl groups is 1. The Hall–Kier alpha value is -0.120. The second-order valence-corrected chi connectivity index (χ2v) is 5.27. The zero-order valence-electron chi connectivity index (χ0n) is 10.6. The van der Waals surface area contributed by atoms with Crippen LogP contribution in [0.3, 0.4) is 0 Å². The van der Waals surface area contributed by atoms with E-state index < -0.39 is 5.60 Å². The maximum atomic E-state index is 9.86. The van der Waals surface area contributed by atoms with Crippen LogP contribution in [0, 0.1) is 0 Å². The Balaban J connectivity index is 2.38. The molecule has 1 saturated heterocycles. The van der Waals surface area contributed by atoms with E-state index in [0.717, 1.165) is 13.1 Å². The topological polar surface area (TPSA) is 35.5 Å². The molecule has 3 nitrogen and oxygen atoms in total. The molecule has 0 aromatic heterocycles. The van der Waals surface area contributed by atoms with Crippen LogP contribution in [0.5, 0.6) is 0 Å². The van der Waals surface area contributed by atoms with E-state index in [9.17, 15) is 5.11 Å². The molecule has 0 amide bonds. The summed E-state index contributed by atoms with van der Waals surface area (Å²) < 4.78 is 0. The molecule has 0 spiro atoms. The average molecular weight is 214 g/mol. The van der Waals surface area contributed by atoms with E-state index in [1.165, 1.54) is 19.4 Å². The molecule has 0 saturated carbocycles. The molecule has 1 heterocycles. The summed E-state index contributed by atoms with van der Waals surface area (Å²) in [5.41, 5.74) is -0.630. The molecule has 0 bridgehead atoms. The zero-order valence-corrected chi connectivity index (χ0v) is 10.6. The summed E-state index contributed by atoms with van der Waals surface area (Å²) in [6.45, 7) is 11.5. The Morgan fingerprint density at radius 2 is 2.20 bits per heavy atom. The van der Waals surface area contributed by atoms with E-state index in [2.05, 4.69) is 24.1 Å². The van der Waals surface area contributed by atoms with E-state index in [1.54, 1.807) is 0 Å². The molecule has 2 unspecified atom stereocenters. The number of likely N-dealkylation sites (tertiary alicyclic amines) is 1. The first-order valence-electron chi connectivity index (χ1n) is 6.14. The second-order valence-electron chi connectivity index (χ2n) is 5.27. The van der Waals surface area contributed by atoms with Gasteiger partial charge in [-0.3, -0.25) is 0 Å². The zero-order chi connectivity index (χ0) is 11.5. The molecular weight excluding hydrogens is 188 g/mol. The van der Waals surface area contributed by atoms with Crippen molar-refractivity contribution in [2.75, 3.05) is 19.6 Å². The van der Waals surface area contributed by atoms with Gasteiger partial charge in [-0.25, -0.2) is 0 Å². The minimum absolute atomic E-state index is 0.152. The van der Waals surface area contributed by atoms with Crippen LogP contribution in [0.1, 0.15) is 40.5 Å². The van der Waals surface area contributed by atoms with E-state index in [-0.39, 0.29) is 6.04 Å². The fraction of sp³-hybridized carbons (Fsp3) is 1.00. The van der Waals surface area contributed by atoms with Crippen LogP contribution in [0.15, 0.2) is 0 Å². The van der Waals surface area contributed by atoms with Crippen LogP contribution in [-0.4, -0.2) is 47.3 Å². The second kappa shape index (κ2) is 5.28. The van der Waals surface area contributed by atoms with Crippen molar-refractivity contribution in [1.29, 1.82) is 0 Å². The third kappa shape index (κ3) is 4.09. The van der Waals surface area contributed by atoms with Crippen LogP contribution in [-0.2, 0) is 0 Å². The molecule has 0 aromatic carbocycles. The molecular formula is C12H26N2O. The first-order valence-corrected chi connectivity index (χ1v) is 6.14. The van der Waals surface area contributed by atoms with Crippen LogP contribution >= 0.6 is 0 Å². The molecule has 15 heavy (non-hydrogen) atoms. The van der Waals surface area contributed by atoms with Crippen LogP contribution < -0.4 is 5.32 Å². The number of piperidine rings is 1. The number of hydrogen-bond acceptors (Lipinski definition) is 3. The number of nitrogens with zero attached hydrogens (tertiary/aromatic N) is 1. The number of likely N-dealkylation sites (N-methyl/N-ethyl adjacent to an activating group) is 1. The lowest BCUT2D eigenvalue weighted by molar-refractivity contribution is 0.0344. The molecule has 1 aliphatic rings. The van der Waals surface area contributed by atoms with Gasteiger partial charge in [-0.15, -0.1) is 0 Å². The lowest BCUT2D eigenvalue weighted by atomic mass is 9.97. The van der Waals surface area contributed by atoms with Crippen LogP contribution in [0.25, 0.3) is 0 Å². The maximum Gasteiger partial charge on any atom is 0.0741 e. The van der Waals surface area contributed by atoms with E-state index in [0.29, 0.717) is 6.04 Å². The van der Waals surface area contributed by atoms with Gasteiger partial charge in [-0.05, 0) is 46.7 Å². The molecule has 2 atom stereocenters. The fourth-order valence-electron chi connectivity index (χ4n) is 2.04. The highest BCUT2D eigenvalue weighted by Crippen LogP contribution is 2.14. The monoisotopic (exact) mass is 214 g/mol. The fourth-order valence-corrected chi connectivity index (χ4v) is 2.04. The lowest BCUT2D eigenvalue weighted by Gasteiger charge is -2.37. The Morgan fingerprint density at radius 3 is 2.73 bits per heavy atom. The van der Waals surface area contributed by atoms with Crippen LogP contribution in [0.4, 0.5) is 0 Å². The number of nitrogens with one attached hydrogen (secondary N) is 1. The van der Waals surface area contributed by atoms with Crippen molar-refractivity contribution in [2.24, 2.45) is 0 Å². The molecule has 2 N–H and O–H groups in total. The summed E-state index contributed by atoms with van der Waals surface area (Å²) in [7, 11) is 0. The third-order valence-corrected chi connectivity index (χ3v) is 3.50. The smallest absolute Gasteiger partial charge is 0.0741 e. The summed E-state index contributed by atoms with van der Waals surface area (Å²) in [4.78, 5) is 2.47. The summed E-state index contributed by atoms with van der Waals surface area (Å²) in [6, 6.07) is 0.694. The molecule has 0 aliphatic carbocycles. The maximum absolute atomic E-state index is 9.86. The molecule has 1 fully saturated rings. The van der Waals surface area contributed by atoms with Gasteiger partial charge in [0.05, 0.1) is 5.60 Å². The van der Waals surface area contributed by atoms with Gasteiger partial charge in [-0.1, -0.05) is 6.92 Å². The number of rotatable bonds is 4. The Morgan fingerprint density at radius 1 is 1.53 bits per heavy atom. The van der Waals surface area contributed by atoms with Crippen molar-refractivity contribution in [2.45, 2.75) is 58.2 Å². The van der Waals surface area contributed by atoms with Crippen molar-refractivity contribution in [3.63, 3.8) is 0 Å². The highest BCUT2D eigenvalue weighted by Gasteiger charge is 2.26. The van der Waals surface area contributed by atoms with E-state index in [1.807, 2.05) is 13.8 Å². The predicted octanol–water partition coefficient (Wildman–Crippen LogP) is 1.22. The largest absolute Gasteiger partial charge is 0.389 e. The normalized spacial score (nSPS) is 26.6. The molecule has 1 rings (SSSR count). The highest BCUT2D eigenvalue weighted by atomic mass is 16.3. The third-order valence-electron chi connectivity index (χ3n) is 3.50. The van der Waals surface area contributed by atoms with Gasteiger partial charge < -0.3 is 15.3 Å². The van der Waals surface area contributed by atoms with Crippen molar-refractivity contribution in [3.05, 3.63) is 0 Å². The van der Waals surface area contributed by atoms with Gasteiger partial charge in [0.1, 0.15) is 0 Å². The van der Waals surface area contributed by atoms with Crippen molar-refractivity contribution < 1.29 is 5.11 Å². The number of hydrogen-bond donors (Lipinski definition) is 2. The molecule has 0 radical (unpaired) electrons. The molecule has 90 valence electrons. The Labute approximate surface area is 93.9 Å². The van der Waals surface area contributed by atoms with Gasteiger partial charge >= 0.3 is 0 Å². The van der Waals surface area contributed by atoms with Gasteiger partial charge in [-0.2, -0.15) is 0 Å². The molecule has 1 aliphatic heterocycles. The SMILES string of the molecule is CCN1CCCC(NC(C)C(C)(C)O)C1. The van der Waals surface area contributed by atoms with E-state index in [4.69, 9.17) is 0 Å². The Bertz CT molecular complexity index is 189. The minimum atomic E-state index is -0.630. The summed E-state index contributed by atoms with van der Waals surface area (Å²) in [5.74, 6) is 0. The van der Waals surface area contributed by atoms with Crippen molar-refractivity contribution in [3.8, 4) is 0 Å². The lowest BCUT2D eigenvalue weighted by Crippen LogP contribution is -2.54. The average Bonchev–Trinajstić information content (AvgIpc) is 2.16. The van der Waals surface area contributed by atoms with E-state index >= 15 is 0 Å².